The average molecular weight is 375 g/mol. The lowest BCUT2D eigenvalue weighted by Gasteiger charge is -2.34. The van der Waals surface area contributed by atoms with Gasteiger partial charge in [0.15, 0.2) is 0 Å². The standard InChI is InChI=1S/C15H23BrN2O2S/c1-4-17-10-12-8-14(16)11(2)15(9-12)21(19,20)18(3)13-6-5-7-13/h8-9,13,17H,4-7,10H2,1-3H3. The van der Waals surface area contributed by atoms with Crippen LogP contribution < -0.4 is 5.32 Å². The van der Waals surface area contributed by atoms with Crippen LogP contribution in [0.5, 0.6) is 0 Å². The van der Waals surface area contributed by atoms with Gasteiger partial charge in [-0.2, -0.15) is 4.31 Å². The fraction of sp³-hybridized carbons (Fsp3) is 0.600. The van der Waals surface area contributed by atoms with Crippen LogP contribution in [-0.4, -0.2) is 32.4 Å². The monoisotopic (exact) mass is 374 g/mol. The van der Waals surface area contributed by atoms with Crippen LogP contribution in [0.2, 0.25) is 0 Å². The van der Waals surface area contributed by atoms with Crippen LogP contribution in [0.3, 0.4) is 0 Å². The van der Waals surface area contributed by atoms with Gasteiger partial charge >= 0.3 is 0 Å². The lowest BCUT2D eigenvalue weighted by molar-refractivity contribution is 0.249. The summed E-state index contributed by atoms with van der Waals surface area (Å²) in [7, 11) is -1.73. The van der Waals surface area contributed by atoms with Crippen LogP contribution in [0.25, 0.3) is 0 Å². The highest BCUT2D eigenvalue weighted by molar-refractivity contribution is 9.10. The molecule has 6 heteroatoms. The molecular weight excluding hydrogens is 352 g/mol. The minimum Gasteiger partial charge on any atom is -0.313 e. The van der Waals surface area contributed by atoms with Gasteiger partial charge in [-0.1, -0.05) is 29.3 Å². The first-order valence-corrected chi connectivity index (χ1v) is 9.59. The van der Waals surface area contributed by atoms with Crippen molar-refractivity contribution in [3.05, 3.63) is 27.7 Å². The van der Waals surface area contributed by atoms with Crippen molar-refractivity contribution in [3.63, 3.8) is 0 Å². The molecule has 1 saturated carbocycles. The van der Waals surface area contributed by atoms with E-state index in [1.807, 2.05) is 19.9 Å². The van der Waals surface area contributed by atoms with Crippen molar-refractivity contribution in [3.8, 4) is 0 Å². The predicted molar refractivity (Wildman–Crippen MR) is 88.8 cm³/mol. The zero-order chi connectivity index (χ0) is 15.6. The molecule has 1 aromatic carbocycles. The molecule has 0 amide bonds. The fourth-order valence-electron chi connectivity index (χ4n) is 2.45. The molecule has 1 aromatic rings. The number of benzene rings is 1. The van der Waals surface area contributed by atoms with E-state index >= 15 is 0 Å². The molecule has 1 N–H and O–H groups in total. The summed E-state index contributed by atoms with van der Waals surface area (Å²) in [4.78, 5) is 0.416. The highest BCUT2D eigenvalue weighted by Crippen LogP contribution is 2.32. The lowest BCUT2D eigenvalue weighted by atomic mass is 9.94. The van der Waals surface area contributed by atoms with Gasteiger partial charge in [-0.05, 0) is 49.6 Å². The Morgan fingerprint density at radius 2 is 2.05 bits per heavy atom. The van der Waals surface area contributed by atoms with E-state index < -0.39 is 10.0 Å². The quantitative estimate of drug-likeness (QED) is 0.832. The Hall–Kier alpha value is -0.430. The van der Waals surface area contributed by atoms with Gasteiger partial charge in [-0.25, -0.2) is 8.42 Å². The highest BCUT2D eigenvalue weighted by Gasteiger charge is 2.33. The number of hydrogen-bond acceptors (Lipinski definition) is 3. The molecule has 0 unspecified atom stereocenters. The third-order valence-corrected chi connectivity index (χ3v) is 7.04. The second-order valence-corrected chi connectivity index (χ2v) is 8.41. The molecular formula is C15H23BrN2O2S. The Labute approximate surface area is 136 Å². The Kier molecular flexibility index (Phi) is 5.46. The minimum absolute atomic E-state index is 0.158. The number of nitrogens with one attached hydrogen (secondary N) is 1. The smallest absolute Gasteiger partial charge is 0.243 e. The third kappa shape index (κ3) is 3.50. The van der Waals surface area contributed by atoms with Crippen LogP contribution in [0, 0.1) is 6.92 Å². The SMILES string of the molecule is CCNCc1cc(Br)c(C)c(S(=O)(=O)N(C)C2CCC2)c1. The number of hydrogen-bond donors (Lipinski definition) is 1. The zero-order valence-electron chi connectivity index (χ0n) is 12.8. The summed E-state index contributed by atoms with van der Waals surface area (Å²) in [6.07, 6.45) is 3.05. The van der Waals surface area contributed by atoms with Gasteiger partial charge in [0, 0.05) is 24.1 Å². The molecule has 21 heavy (non-hydrogen) atoms. The molecule has 0 spiro atoms. The molecule has 2 rings (SSSR count). The molecule has 1 aliphatic carbocycles. The van der Waals surface area contributed by atoms with Crippen LogP contribution in [0.1, 0.15) is 37.3 Å². The Bertz CT molecular complexity index is 612. The minimum atomic E-state index is -3.42. The van der Waals surface area contributed by atoms with Crippen molar-refractivity contribution in [2.24, 2.45) is 0 Å². The van der Waals surface area contributed by atoms with Crippen LogP contribution in [-0.2, 0) is 16.6 Å². The van der Waals surface area contributed by atoms with Crippen molar-refractivity contribution in [2.45, 2.75) is 50.6 Å². The second kappa shape index (κ2) is 6.77. The molecule has 1 aliphatic rings. The molecule has 0 aliphatic heterocycles. The number of halogens is 1. The van der Waals surface area contributed by atoms with Gasteiger partial charge in [0.2, 0.25) is 10.0 Å². The van der Waals surface area contributed by atoms with E-state index in [1.165, 1.54) is 0 Å². The first-order valence-electron chi connectivity index (χ1n) is 7.35. The van der Waals surface area contributed by atoms with Crippen molar-refractivity contribution in [1.82, 2.24) is 9.62 Å². The first-order chi connectivity index (χ1) is 9.87. The molecule has 0 bridgehead atoms. The molecule has 0 saturated heterocycles. The number of rotatable bonds is 6. The van der Waals surface area contributed by atoms with Gasteiger partial charge in [0.05, 0.1) is 4.90 Å². The topological polar surface area (TPSA) is 49.4 Å². The predicted octanol–water partition coefficient (Wildman–Crippen LogP) is 3.04. The lowest BCUT2D eigenvalue weighted by Crippen LogP contribution is -2.41. The molecule has 118 valence electrons. The molecule has 0 heterocycles. The average Bonchev–Trinajstić information content (AvgIpc) is 2.37. The summed E-state index contributed by atoms with van der Waals surface area (Å²) < 4.78 is 28.1. The fourth-order valence-corrected chi connectivity index (χ4v) is 4.80. The maximum atomic E-state index is 12.9. The van der Waals surface area contributed by atoms with E-state index in [2.05, 4.69) is 21.2 Å². The van der Waals surface area contributed by atoms with Gasteiger partial charge in [0.25, 0.3) is 0 Å². The molecule has 4 nitrogen and oxygen atoms in total. The van der Waals surface area contributed by atoms with Gasteiger partial charge in [-0.15, -0.1) is 0 Å². The van der Waals surface area contributed by atoms with Crippen molar-refractivity contribution in [2.75, 3.05) is 13.6 Å². The van der Waals surface area contributed by atoms with Crippen molar-refractivity contribution >= 4 is 26.0 Å². The van der Waals surface area contributed by atoms with Crippen LogP contribution in [0.4, 0.5) is 0 Å². The molecule has 0 aromatic heterocycles. The zero-order valence-corrected chi connectivity index (χ0v) is 15.2. The summed E-state index contributed by atoms with van der Waals surface area (Å²) in [5.41, 5.74) is 1.76. The van der Waals surface area contributed by atoms with Crippen LogP contribution >= 0.6 is 15.9 Å². The summed E-state index contributed by atoms with van der Waals surface area (Å²) in [6, 6.07) is 3.94. The highest BCUT2D eigenvalue weighted by atomic mass is 79.9. The summed E-state index contributed by atoms with van der Waals surface area (Å²) >= 11 is 3.49. The van der Waals surface area contributed by atoms with E-state index in [-0.39, 0.29) is 6.04 Å². The summed E-state index contributed by atoms with van der Waals surface area (Å²) in [5, 5.41) is 3.23. The number of nitrogens with zero attached hydrogens (tertiary/aromatic N) is 1. The maximum Gasteiger partial charge on any atom is 0.243 e. The summed E-state index contributed by atoms with van der Waals surface area (Å²) in [5.74, 6) is 0. The molecule has 0 atom stereocenters. The van der Waals surface area contributed by atoms with E-state index in [1.54, 1.807) is 17.4 Å². The van der Waals surface area contributed by atoms with Crippen molar-refractivity contribution in [1.29, 1.82) is 0 Å². The van der Waals surface area contributed by atoms with E-state index in [4.69, 9.17) is 0 Å². The van der Waals surface area contributed by atoms with E-state index in [0.717, 1.165) is 41.4 Å². The number of sulfonamides is 1. The van der Waals surface area contributed by atoms with Crippen LogP contribution in [0.15, 0.2) is 21.5 Å². The van der Waals surface area contributed by atoms with Crippen molar-refractivity contribution < 1.29 is 8.42 Å². The first kappa shape index (κ1) is 16.9. The normalized spacial score (nSPS) is 16.2. The van der Waals surface area contributed by atoms with Gasteiger partial charge < -0.3 is 5.32 Å². The van der Waals surface area contributed by atoms with Gasteiger partial charge in [0.1, 0.15) is 0 Å². The third-order valence-electron chi connectivity index (χ3n) is 4.18. The second-order valence-electron chi connectivity index (χ2n) is 5.59. The molecule has 0 radical (unpaired) electrons. The maximum absolute atomic E-state index is 12.9. The Morgan fingerprint density at radius 1 is 1.38 bits per heavy atom. The molecule has 1 fully saturated rings. The van der Waals surface area contributed by atoms with E-state index in [9.17, 15) is 8.42 Å². The summed E-state index contributed by atoms with van der Waals surface area (Å²) in [6.45, 7) is 5.41. The van der Waals surface area contributed by atoms with E-state index in [0.29, 0.717) is 11.4 Å². The Balaban J connectivity index is 2.38. The largest absolute Gasteiger partial charge is 0.313 e. The van der Waals surface area contributed by atoms with Gasteiger partial charge in [-0.3, -0.25) is 0 Å². The Morgan fingerprint density at radius 3 is 2.57 bits per heavy atom.